The Bertz CT molecular complexity index is 538. The standard InChI is InChI=1S/C13H15BrN2O3S/c1-8-7-16(4-5-20-8)13(19)15-11-6-9(14)2-3-10(11)12(17)18/h2-3,6,8H,4-5,7H2,1H3,(H,15,19)(H,17,18). The molecule has 1 unspecified atom stereocenters. The van der Waals surface area contributed by atoms with E-state index < -0.39 is 5.97 Å². The molecule has 1 saturated heterocycles. The zero-order chi connectivity index (χ0) is 14.7. The van der Waals surface area contributed by atoms with E-state index in [0.29, 0.717) is 24.0 Å². The number of benzene rings is 1. The summed E-state index contributed by atoms with van der Waals surface area (Å²) < 4.78 is 0.723. The van der Waals surface area contributed by atoms with Crippen LogP contribution in [0.3, 0.4) is 0 Å². The van der Waals surface area contributed by atoms with Crippen molar-refractivity contribution in [2.45, 2.75) is 12.2 Å². The Hall–Kier alpha value is -1.21. The van der Waals surface area contributed by atoms with E-state index >= 15 is 0 Å². The van der Waals surface area contributed by atoms with Crippen molar-refractivity contribution in [1.82, 2.24) is 4.90 Å². The first-order valence-electron chi connectivity index (χ1n) is 6.17. The number of anilines is 1. The van der Waals surface area contributed by atoms with Gasteiger partial charge in [0.05, 0.1) is 11.3 Å². The van der Waals surface area contributed by atoms with Crippen molar-refractivity contribution in [3.05, 3.63) is 28.2 Å². The van der Waals surface area contributed by atoms with Gasteiger partial charge in [-0.05, 0) is 18.2 Å². The minimum absolute atomic E-state index is 0.0842. The molecule has 0 saturated carbocycles. The molecule has 1 aliphatic rings. The number of amides is 2. The number of carbonyl (C=O) groups is 2. The number of rotatable bonds is 2. The van der Waals surface area contributed by atoms with Gasteiger partial charge in [-0.2, -0.15) is 11.8 Å². The average molecular weight is 359 g/mol. The van der Waals surface area contributed by atoms with E-state index in [9.17, 15) is 9.59 Å². The van der Waals surface area contributed by atoms with Crippen LogP contribution in [0.15, 0.2) is 22.7 Å². The SMILES string of the molecule is CC1CN(C(=O)Nc2cc(Br)ccc2C(=O)O)CCS1. The quantitative estimate of drug-likeness (QED) is 0.851. The molecule has 0 bridgehead atoms. The summed E-state index contributed by atoms with van der Waals surface area (Å²) in [5, 5.41) is 12.2. The second-order valence-electron chi connectivity index (χ2n) is 4.55. The number of hydrogen-bond acceptors (Lipinski definition) is 3. The summed E-state index contributed by atoms with van der Waals surface area (Å²) in [5.41, 5.74) is 0.392. The summed E-state index contributed by atoms with van der Waals surface area (Å²) in [4.78, 5) is 25.1. The number of urea groups is 1. The molecule has 0 aliphatic carbocycles. The number of aromatic carboxylic acids is 1. The Morgan fingerprint density at radius 1 is 1.50 bits per heavy atom. The van der Waals surface area contributed by atoms with Gasteiger partial charge in [0.1, 0.15) is 0 Å². The topological polar surface area (TPSA) is 69.6 Å². The van der Waals surface area contributed by atoms with Gasteiger partial charge in [0.2, 0.25) is 0 Å². The first kappa shape index (κ1) is 15.2. The van der Waals surface area contributed by atoms with Crippen LogP contribution in [0.4, 0.5) is 10.5 Å². The highest BCUT2D eigenvalue weighted by Crippen LogP contribution is 2.23. The van der Waals surface area contributed by atoms with E-state index in [1.807, 2.05) is 11.8 Å². The number of nitrogens with one attached hydrogen (secondary N) is 1. The van der Waals surface area contributed by atoms with Gasteiger partial charge in [0.25, 0.3) is 0 Å². The molecule has 1 fully saturated rings. The molecule has 1 aromatic rings. The number of carboxylic acids is 1. The van der Waals surface area contributed by atoms with E-state index in [1.54, 1.807) is 17.0 Å². The lowest BCUT2D eigenvalue weighted by Gasteiger charge is -2.30. The van der Waals surface area contributed by atoms with Crippen LogP contribution in [0.2, 0.25) is 0 Å². The van der Waals surface area contributed by atoms with Crippen molar-refractivity contribution in [1.29, 1.82) is 0 Å². The number of hydrogen-bond donors (Lipinski definition) is 2. The van der Waals surface area contributed by atoms with Crippen LogP contribution in [0, 0.1) is 0 Å². The molecule has 0 spiro atoms. The molecule has 0 aromatic heterocycles. The van der Waals surface area contributed by atoms with Crippen molar-refractivity contribution < 1.29 is 14.7 Å². The third kappa shape index (κ3) is 3.67. The van der Waals surface area contributed by atoms with Gasteiger partial charge in [0, 0.05) is 28.6 Å². The Labute approximate surface area is 129 Å². The summed E-state index contributed by atoms with van der Waals surface area (Å²) in [7, 11) is 0. The fourth-order valence-electron chi connectivity index (χ4n) is 2.00. The summed E-state index contributed by atoms with van der Waals surface area (Å²) in [6, 6.07) is 4.46. The van der Waals surface area contributed by atoms with E-state index in [0.717, 1.165) is 10.2 Å². The maximum Gasteiger partial charge on any atom is 0.337 e. The van der Waals surface area contributed by atoms with Crippen molar-refractivity contribution in [3.8, 4) is 0 Å². The fraction of sp³-hybridized carbons (Fsp3) is 0.385. The number of thioether (sulfide) groups is 1. The fourth-order valence-corrected chi connectivity index (χ4v) is 3.38. The molecule has 2 amide bonds. The molecule has 1 aromatic carbocycles. The molecule has 1 heterocycles. The Balaban J connectivity index is 2.14. The van der Waals surface area contributed by atoms with Gasteiger partial charge >= 0.3 is 12.0 Å². The molecule has 5 nitrogen and oxygen atoms in total. The number of carboxylic acid groups (broad SMARTS) is 1. The van der Waals surface area contributed by atoms with Crippen molar-refractivity contribution in [2.24, 2.45) is 0 Å². The number of carbonyl (C=O) groups excluding carboxylic acids is 1. The lowest BCUT2D eigenvalue weighted by molar-refractivity contribution is 0.0698. The lowest BCUT2D eigenvalue weighted by Crippen LogP contribution is -2.43. The van der Waals surface area contributed by atoms with Gasteiger partial charge in [-0.25, -0.2) is 9.59 Å². The summed E-state index contributed by atoms with van der Waals surface area (Å²) >= 11 is 5.11. The van der Waals surface area contributed by atoms with Crippen molar-refractivity contribution >= 4 is 45.4 Å². The molecule has 1 atom stereocenters. The molecule has 2 rings (SSSR count). The minimum atomic E-state index is -1.06. The van der Waals surface area contributed by atoms with Crippen LogP contribution in [-0.4, -0.2) is 46.1 Å². The van der Waals surface area contributed by atoms with Crippen LogP contribution in [-0.2, 0) is 0 Å². The smallest absolute Gasteiger partial charge is 0.337 e. The molecule has 0 radical (unpaired) electrons. The normalized spacial score (nSPS) is 18.7. The Kier molecular flexibility index (Phi) is 4.93. The van der Waals surface area contributed by atoms with Crippen molar-refractivity contribution in [3.63, 3.8) is 0 Å². The zero-order valence-electron chi connectivity index (χ0n) is 10.9. The molecular weight excluding hydrogens is 344 g/mol. The third-order valence-corrected chi connectivity index (χ3v) is 4.61. The van der Waals surface area contributed by atoms with E-state index in [-0.39, 0.29) is 11.6 Å². The Morgan fingerprint density at radius 2 is 2.25 bits per heavy atom. The van der Waals surface area contributed by atoms with E-state index in [2.05, 4.69) is 28.2 Å². The number of nitrogens with zero attached hydrogens (tertiary/aromatic N) is 1. The van der Waals surface area contributed by atoms with Crippen LogP contribution in [0.25, 0.3) is 0 Å². The highest BCUT2D eigenvalue weighted by atomic mass is 79.9. The predicted molar refractivity (Wildman–Crippen MR) is 83.6 cm³/mol. The van der Waals surface area contributed by atoms with Gasteiger partial charge in [-0.15, -0.1) is 0 Å². The zero-order valence-corrected chi connectivity index (χ0v) is 13.3. The van der Waals surface area contributed by atoms with Crippen LogP contribution < -0.4 is 5.32 Å². The molecule has 108 valence electrons. The van der Waals surface area contributed by atoms with E-state index in [1.165, 1.54) is 6.07 Å². The molecular formula is C13H15BrN2O3S. The third-order valence-electron chi connectivity index (χ3n) is 2.98. The second-order valence-corrected chi connectivity index (χ2v) is 7.01. The van der Waals surface area contributed by atoms with Crippen LogP contribution in [0.5, 0.6) is 0 Å². The highest BCUT2D eigenvalue weighted by Gasteiger charge is 2.22. The van der Waals surface area contributed by atoms with Gasteiger partial charge < -0.3 is 15.3 Å². The van der Waals surface area contributed by atoms with Gasteiger partial charge in [-0.3, -0.25) is 0 Å². The van der Waals surface area contributed by atoms with Gasteiger partial charge in [-0.1, -0.05) is 22.9 Å². The first-order valence-corrected chi connectivity index (χ1v) is 8.02. The largest absolute Gasteiger partial charge is 0.478 e. The highest BCUT2D eigenvalue weighted by molar-refractivity contribution is 9.10. The summed E-state index contributed by atoms with van der Waals surface area (Å²) in [6.07, 6.45) is 0. The maximum absolute atomic E-state index is 12.2. The minimum Gasteiger partial charge on any atom is -0.478 e. The molecule has 2 N–H and O–H groups in total. The van der Waals surface area contributed by atoms with Gasteiger partial charge in [0.15, 0.2) is 0 Å². The molecule has 7 heteroatoms. The molecule has 20 heavy (non-hydrogen) atoms. The summed E-state index contributed by atoms with van der Waals surface area (Å²) in [6.45, 7) is 3.43. The van der Waals surface area contributed by atoms with E-state index in [4.69, 9.17) is 5.11 Å². The molecule has 1 aliphatic heterocycles. The van der Waals surface area contributed by atoms with Crippen molar-refractivity contribution in [2.75, 3.05) is 24.2 Å². The average Bonchev–Trinajstić information content (AvgIpc) is 2.38. The predicted octanol–water partition coefficient (Wildman–Crippen LogP) is 3.12. The first-order chi connectivity index (χ1) is 9.47. The Morgan fingerprint density at radius 3 is 2.90 bits per heavy atom. The monoisotopic (exact) mass is 358 g/mol. The summed E-state index contributed by atoms with van der Waals surface area (Å²) in [5.74, 6) is -0.158. The maximum atomic E-state index is 12.2. The second kappa shape index (κ2) is 6.49. The van der Waals surface area contributed by atoms with Crippen LogP contribution >= 0.6 is 27.7 Å². The van der Waals surface area contributed by atoms with Crippen LogP contribution in [0.1, 0.15) is 17.3 Å². The lowest BCUT2D eigenvalue weighted by atomic mass is 10.2. The number of halogens is 1.